The van der Waals surface area contributed by atoms with Gasteiger partial charge in [-0.1, -0.05) is 6.92 Å². The van der Waals surface area contributed by atoms with Gasteiger partial charge in [-0.2, -0.15) is 0 Å². The van der Waals surface area contributed by atoms with E-state index >= 15 is 0 Å². The van der Waals surface area contributed by atoms with Crippen molar-refractivity contribution in [3.05, 3.63) is 0 Å². The van der Waals surface area contributed by atoms with Crippen LogP contribution in [0.4, 0.5) is 4.79 Å². The van der Waals surface area contributed by atoms with E-state index in [-0.39, 0.29) is 6.09 Å². The first kappa shape index (κ1) is 19.0. The fourth-order valence-corrected chi connectivity index (χ4v) is 5.00. The Labute approximate surface area is 153 Å². The molecule has 3 heterocycles. The highest BCUT2D eigenvalue weighted by Gasteiger charge is 2.45. The molecule has 5 nitrogen and oxygen atoms in total. The highest BCUT2D eigenvalue weighted by atomic mass is 16.6. The fraction of sp³-hybridized carbons (Fsp3) is 0.950. The van der Waals surface area contributed by atoms with Crippen molar-refractivity contribution in [2.24, 2.45) is 5.92 Å². The first-order valence-corrected chi connectivity index (χ1v) is 10.1. The molecule has 1 N–H and O–H groups in total. The van der Waals surface area contributed by atoms with Crippen LogP contribution < -0.4 is 5.32 Å². The van der Waals surface area contributed by atoms with Crippen molar-refractivity contribution >= 4 is 6.09 Å². The van der Waals surface area contributed by atoms with Gasteiger partial charge in [-0.3, -0.25) is 0 Å². The van der Waals surface area contributed by atoms with E-state index in [1.165, 1.54) is 13.0 Å². The minimum atomic E-state index is -0.411. The summed E-state index contributed by atoms with van der Waals surface area (Å²) in [5, 5.41) is 3.96. The van der Waals surface area contributed by atoms with Crippen LogP contribution in [-0.2, 0) is 4.74 Å². The molecule has 0 radical (unpaired) electrons. The first-order chi connectivity index (χ1) is 11.6. The second-order valence-corrected chi connectivity index (χ2v) is 9.72. The van der Waals surface area contributed by atoms with Gasteiger partial charge >= 0.3 is 6.09 Å². The molecule has 5 heteroatoms. The monoisotopic (exact) mass is 351 g/mol. The second-order valence-electron chi connectivity index (χ2n) is 9.72. The van der Waals surface area contributed by atoms with Gasteiger partial charge in [0.05, 0.1) is 0 Å². The van der Waals surface area contributed by atoms with Crippen LogP contribution in [0.1, 0.15) is 66.7 Å². The maximum Gasteiger partial charge on any atom is 0.410 e. The lowest BCUT2D eigenvalue weighted by Gasteiger charge is -2.44. The number of nitrogens with zero attached hydrogens (tertiary/aromatic N) is 2. The Morgan fingerprint density at radius 2 is 1.68 bits per heavy atom. The normalized spacial score (nSPS) is 39.5. The average Bonchev–Trinajstić information content (AvgIpc) is 2.75. The lowest BCUT2D eigenvalue weighted by Crippen LogP contribution is -2.57. The minimum Gasteiger partial charge on any atom is -0.444 e. The van der Waals surface area contributed by atoms with Gasteiger partial charge in [0.25, 0.3) is 0 Å². The van der Waals surface area contributed by atoms with Crippen LogP contribution in [0.15, 0.2) is 0 Å². The minimum absolute atomic E-state index is 0.111. The van der Waals surface area contributed by atoms with Crippen LogP contribution in [0.3, 0.4) is 0 Å². The number of carbonyl (C=O) groups excluding carboxylic acids is 1. The molecule has 3 aliphatic rings. The summed E-state index contributed by atoms with van der Waals surface area (Å²) in [7, 11) is 2.23. The second kappa shape index (κ2) is 7.07. The van der Waals surface area contributed by atoms with Gasteiger partial charge < -0.3 is 19.9 Å². The quantitative estimate of drug-likeness (QED) is 0.829. The molecule has 5 atom stereocenters. The summed E-state index contributed by atoms with van der Waals surface area (Å²) in [6.07, 6.45) is 5.51. The third-order valence-corrected chi connectivity index (χ3v) is 6.40. The van der Waals surface area contributed by atoms with Crippen LogP contribution in [-0.4, -0.2) is 65.3 Å². The van der Waals surface area contributed by atoms with E-state index in [2.05, 4.69) is 31.1 Å². The van der Waals surface area contributed by atoms with Gasteiger partial charge in [0.2, 0.25) is 0 Å². The molecule has 0 saturated carbocycles. The van der Waals surface area contributed by atoms with E-state index in [0.717, 1.165) is 25.7 Å². The maximum absolute atomic E-state index is 12.6. The molecule has 0 aromatic carbocycles. The molecular weight excluding hydrogens is 314 g/mol. The smallest absolute Gasteiger partial charge is 0.410 e. The van der Waals surface area contributed by atoms with Crippen molar-refractivity contribution in [1.82, 2.24) is 15.1 Å². The molecule has 144 valence electrons. The van der Waals surface area contributed by atoms with E-state index < -0.39 is 5.60 Å². The molecular formula is C20H37N3O2. The van der Waals surface area contributed by atoms with Crippen molar-refractivity contribution in [3.8, 4) is 0 Å². The molecule has 3 saturated heterocycles. The Hall–Kier alpha value is -0.810. The lowest BCUT2D eigenvalue weighted by molar-refractivity contribution is 0.00295. The van der Waals surface area contributed by atoms with Crippen LogP contribution in [0.25, 0.3) is 0 Å². The SMILES string of the molecule is CC1CN(C)C(C)CC1NC1CC2CCC(C1)N2C(=O)OC(C)(C)C. The average molecular weight is 352 g/mol. The molecule has 5 unspecified atom stereocenters. The third-order valence-electron chi connectivity index (χ3n) is 6.40. The van der Waals surface area contributed by atoms with Crippen LogP contribution in [0.2, 0.25) is 0 Å². The number of carbonyl (C=O) groups is 1. The molecule has 25 heavy (non-hydrogen) atoms. The number of rotatable bonds is 2. The van der Waals surface area contributed by atoms with Gasteiger partial charge in [0, 0.05) is 36.8 Å². The highest BCUT2D eigenvalue weighted by molar-refractivity contribution is 5.69. The standard InChI is InChI=1S/C20H37N3O2/c1-13-12-22(6)14(2)9-18(13)21-15-10-16-7-8-17(11-15)23(16)19(24)25-20(3,4)5/h13-18,21H,7-12H2,1-6H3. The van der Waals surface area contributed by atoms with Crippen molar-refractivity contribution < 1.29 is 9.53 Å². The summed E-state index contributed by atoms with van der Waals surface area (Å²) >= 11 is 0. The summed E-state index contributed by atoms with van der Waals surface area (Å²) in [4.78, 5) is 17.1. The summed E-state index contributed by atoms with van der Waals surface area (Å²) in [6.45, 7) is 11.7. The molecule has 0 aliphatic carbocycles. The predicted molar refractivity (Wildman–Crippen MR) is 101 cm³/mol. The summed E-state index contributed by atoms with van der Waals surface area (Å²) in [6, 6.07) is 2.49. The molecule has 0 aromatic rings. The van der Waals surface area contributed by atoms with Crippen molar-refractivity contribution in [2.45, 2.75) is 103 Å². The number of nitrogens with one attached hydrogen (secondary N) is 1. The topological polar surface area (TPSA) is 44.8 Å². The van der Waals surface area contributed by atoms with E-state index in [1.54, 1.807) is 0 Å². The zero-order chi connectivity index (χ0) is 18.4. The Balaban J connectivity index is 1.58. The van der Waals surface area contributed by atoms with E-state index in [0.29, 0.717) is 36.1 Å². The van der Waals surface area contributed by atoms with Gasteiger partial charge in [0.15, 0.2) is 0 Å². The summed E-state index contributed by atoms with van der Waals surface area (Å²) in [5.41, 5.74) is -0.411. The van der Waals surface area contributed by atoms with E-state index in [9.17, 15) is 4.79 Å². The molecule has 0 spiro atoms. The number of hydrogen-bond donors (Lipinski definition) is 1. The number of amides is 1. The fourth-order valence-electron chi connectivity index (χ4n) is 5.00. The van der Waals surface area contributed by atoms with Crippen LogP contribution >= 0.6 is 0 Å². The Morgan fingerprint density at radius 1 is 1.08 bits per heavy atom. The molecule has 0 aromatic heterocycles. The van der Waals surface area contributed by atoms with Crippen molar-refractivity contribution in [3.63, 3.8) is 0 Å². The molecule has 3 fully saturated rings. The van der Waals surface area contributed by atoms with Gasteiger partial charge in [-0.25, -0.2) is 4.79 Å². The summed E-state index contributed by atoms with van der Waals surface area (Å²) < 4.78 is 5.65. The third kappa shape index (κ3) is 4.30. The number of ether oxygens (including phenoxy) is 1. The van der Waals surface area contributed by atoms with E-state index in [4.69, 9.17) is 4.74 Å². The largest absolute Gasteiger partial charge is 0.444 e. The van der Waals surface area contributed by atoms with Crippen LogP contribution in [0, 0.1) is 5.92 Å². The molecule has 1 amide bonds. The molecule has 2 bridgehead atoms. The Bertz CT molecular complexity index is 476. The molecule has 3 aliphatic heterocycles. The van der Waals surface area contributed by atoms with Crippen molar-refractivity contribution in [1.29, 1.82) is 0 Å². The molecule has 3 rings (SSSR count). The Kier molecular flexibility index (Phi) is 5.36. The number of hydrogen-bond acceptors (Lipinski definition) is 4. The van der Waals surface area contributed by atoms with Gasteiger partial charge in [-0.05, 0) is 72.8 Å². The zero-order valence-corrected chi connectivity index (χ0v) is 16.9. The number of piperidine rings is 2. The number of likely N-dealkylation sites (tertiary alicyclic amines) is 1. The lowest BCUT2D eigenvalue weighted by atomic mass is 9.87. The summed E-state index contributed by atoms with van der Waals surface area (Å²) in [5.74, 6) is 0.683. The number of fused-ring (bicyclic) bond motifs is 2. The Morgan fingerprint density at radius 3 is 2.24 bits per heavy atom. The van der Waals surface area contributed by atoms with Gasteiger partial charge in [-0.15, -0.1) is 0 Å². The van der Waals surface area contributed by atoms with Gasteiger partial charge in [0.1, 0.15) is 5.60 Å². The maximum atomic E-state index is 12.6. The zero-order valence-electron chi connectivity index (χ0n) is 16.9. The predicted octanol–water partition coefficient (Wildman–Crippen LogP) is 3.24. The first-order valence-electron chi connectivity index (χ1n) is 10.1. The van der Waals surface area contributed by atoms with Crippen molar-refractivity contribution in [2.75, 3.05) is 13.6 Å². The van der Waals surface area contributed by atoms with Crippen LogP contribution in [0.5, 0.6) is 0 Å². The van der Waals surface area contributed by atoms with E-state index in [1.807, 2.05) is 25.7 Å². The highest BCUT2D eigenvalue weighted by Crippen LogP contribution is 2.37.